The average Bonchev–Trinajstić information content (AvgIpc) is 2.94. The van der Waals surface area contributed by atoms with Gasteiger partial charge in [0.25, 0.3) is 0 Å². The van der Waals surface area contributed by atoms with Crippen molar-refractivity contribution in [2.75, 3.05) is 6.54 Å². The Balaban J connectivity index is 2.21. The number of aromatic nitrogens is 1. The van der Waals surface area contributed by atoms with Crippen molar-refractivity contribution in [3.8, 4) is 11.3 Å². The van der Waals surface area contributed by atoms with E-state index in [0.717, 1.165) is 45.9 Å². The maximum absolute atomic E-state index is 13.2. The number of hydrogen-bond acceptors (Lipinski definition) is 1. The van der Waals surface area contributed by atoms with Crippen LogP contribution in [0.4, 0.5) is 13.2 Å². The van der Waals surface area contributed by atoms with Gasteiger partial charge in [0, 0.05) is 20.4 Å². The minimum atomic E-state index is -4.42. The summed E-state index contributed by atoms with van der Waals surface area (Å²) >= 11 is 9.76. The van der Waals surface area contributed by atoms with Crippen LogP contribution in [-0.4, -0.2) is 11.5 Å². The van der Waals surface area contributed by atoms with Crippen LogP contribution in [0.15, 0.2) is 40.9 Å². The number of rotatable bonds is 5. The molecule has 0 aliphatic carbocycles. The summed E-state index contributed by atoms with van der Waals surface area (Å²) in [6.07, 6.45) is -2.03. The summed E-state index contributed by atoms with van der Waals surface area (Å²) in [6.45, 7) is 0.575. The molecule has 3 rings (SSSR count). The van der Waals surface area contributed by atoms with Gasteiger partial charge in [0.05, 0.1) is 16.8 Å². The Labute approximate surface area is 162 Å². The van der Waals surface area contributed by atoms with Gasteiger partial charge in [-0.15, -0.1) is 0 Å². The molecular weight excluding hydrogens is 429 g/mol. The standard InChI is InChI=1S/C19H17BrClF3N2/c20-15-6-3-5-13-12(4-1-2-9-25)17(26-18(13)15)14-10-11(19(22,23)24)7-8-16(14)21/h3,5-8,10,26H,1-2,4,9,25H2. The SMILES string of the molecule is NCCCCc1c(-c2cc(C(F)(F)F)ccc2Cl)[nH]c2c(Br)cccc12. The quantitative estimate of drug-likeness (QED) is 0.430. The first-order valence-electron chi connectivity index (χ1n) is 8.19. The number of H-pyrrole nitrogens is 1. The molecule has 0 bridgehead atoms. The largest absolute Gasteiger partial charge is 0.416 e. The highest BCUT2D eigenvalue weighted by Crippen LogP contribution is 2.40. The fourth-order valence-electron chi connectivity index (χ4n) is 3.07. The molecule has 0 fully saturated rings. The number of unbranched alkanes of at least 4 members (excludes halogenated alkanes) is 1. The minimum absolute atomic E-state index is 0.278. The third-order valence-electron chi connectivity index (χ3n) is 4.33. The molecule has 0 saturated heterocycles. The number of alkyl halides is 3. The van der Waals surface area contributed by atoms with Crippen LogP contribution < -0.4 is 5.73 Å². The molecule has 0 spiro atoms. The van der Waals surface area contributed by atoms with Crippen LogP contribution >= 0.6 is 27.5 Å². The van der Waals surface area contributed by atoms with Gasteiger partial charge in [-0.1, -0.05) is 23.7 Å². The topological polar surface area (TPSA) is 41.8 Å². The van der Waals surface area contributed by atoms with Crippen LogP contribution in [-0.2, 0) is 12.6 Å². The van der Waals surface area contributed by atoms with Gasteiger partial charge in [0.2, 0.25) is 0 Å². The molecule has 0 radical (unpaired) electrons. The van der Waals surface area contributed by atoms with E-state index in [9.17, 15) is 13.2 Å². The number of aryl methyl sites for hydroxylation is 1. The van der Waals surface area contributed by atoms with Crippen molar-refractivity contribution in [3.63, 3.8) is 0 Å². The van der Waals surface area contributed by atoms with E-state index in [2.05, 4.69) is 20.9 Å². The summed E-state index contributed by atoms with van der Waals surface area (Å²) in [5.74, 6) is 0. The van der Waals surface area contributed by atoms with Crippen molar-refractivity contribution in [3.05, 3.63) is 57.0 Å². The van der Waals surface area contributed by atoms with Crippen LogP contribution in [0.1, 0.15) is 24.0 Å². The summed E-state index contributed by atoms with van der Waals surface area (Å²) < 4.78 is 40.3. The summed E-state index contributed by atoms with van der Waals surface area (Å²) in [5.41, 5.74) is 7.64. The van der Waals surface area contributed by atoms with E-state index in [1.165, 1.54) is 6.07 Å². The molecule has 0 atom stereocenters. The average molecular weight is 446 g/mol. The van der Waals surface area contributed by atoms with Crippen LogP contribution in [0, 0.1) is 0 Å². The smallest absolute Gasteiger partial charge is 0.353 e. The molecule has 3 aromatic rings. The molecule has 1 aromatic heterocycles. The number of hydrogen-bond donors (Lipinski definition) is 2. The van der Waals surface area contributed by atoms with Gasteiger partial charge < -0.3 is 10.7 Å². The zero-order valence-electron chi connectivity index (χ0n) is 13.8. The van der Waals surface area contributed by atoms with Crippen molar-refractivity contribution in [1.29, 1.82) is 0 Å². The molecule has 0 saturated carbocycles. The second-order valence-electron chi connectivity index (χ2n) is 6.08. The highest BCUT2D eigenvalue weighted by molar-refractivity contribution is 9.10. The van der Waals surface area contributed by atoms with Crippen molar-refractivity contribution >= 4 is 38.4 Å². The third kappa shape index (κ3) is 3.77. The molecule has 26 heavy (non-hydrogen) atoms. The molecule has 0 unspecified atom stereocenters. The van der Waals surface area contributed by atoms with Crippen LogP contribution in [0.25, 0.3) is 22.2 Å². The number of aromatic amines is 1. The second kappa shape index (κ2) is 7.62. The fourth-order valence-corrected chi connectivity index (χ4v) is 3.74. The van der Waals surface area contributed by atoms with E-state index in [1.54, 1.807) is 0 Å². The van der Waals surface area contributed by atoms with Crippen LogP contribution in [0.5, 0.6) is 0 Å². The fraction of sp³-hybridized carbons (Fsp3) is 0.263. The Morgan fingerprint density at radius 3 is 2.58 bits per heavy atom. The van der Waals surface area contributed by atoms with Crippen molar-refractivity contribution in [1.82, 2.24) is 4.98 Å². The van der Waals surface area contributed by atoms with Gasteiger partial charge >= 0.3 is 6.18 Å². The maximum Gasteiger partial charge on any atom is 0.416 e. The summed E-state index contributed by atoms with van der Waals surface area (Å²) in [4.78, 5) is 3.27. The number of halogens is 5. The first-order valence-corrected chi connectivity index (χ1v) is 9.36. The Bertz CT molecular complexity index is 934. The lowest BCUT2D eigenvalue weighted by Gasteiger charge is -2.11. The molecule has 3 N–H and O–H groups in total. The maximum atomic E-state index is 13.2. The van der Waals surface area contributed by atoms with Crippen LogP contribution in [0.3, 0.4) is 0 Å². The normalized spacial score (nSPS) is 12.1. The predicted molar refractivity (Wildman–Crippen MR) is 103 cm³/mol. The molecule has 0 aliphatic heterocycles. The number of benzene rings is 2. The van der Waals surface area contributed by atoms with E-state index in [-0.39, 0.29) is 5.02 Å². The number of para-hydroxylation sites is 1. The van der Waals surface area contributed by atoms with Gasteiger partial charge in [0.1, 0.15) is 0 Å². The van der Waals surface area contributed by atoms with E-state index in [4.69, 9.17) is 17.3 Å². The summed E-state index contributed by atoms with van der Waals surface area (Å²) in [7, 11) is 0. The van der Waals surface area contributed by atoms with E-state index in [0.29, 0.717) is 24.2 Å². The number of nitrogens with two attached hydrogens (primary N) is 1. The highest BCUT2D eigenvalue weighted by atomic mass is 79.9. The lowest BCUT2D eigenvalue weighted by Crippen LogP contribution is -2.05. The second-order valence-corrected chi connectivity index (χ2v) is 7.34. The highest BCUT2D eigenvalue weighted by Gasteiger charge is 2.31. The Hall–Kier alpha value is -1.50. The van der Waals surface area contributed by atoms with Crippen molar-refractivity contribution < 1.29 is 13.2 Å². The van der Waals surface area contributed by atoms with Crippen molar-refractivity contribution in [2.24, 2.45) is 5.73 Å². The molecular formula is C19H17BrClF3N2. The van der Waals surface area contributed by atoms with E-state index >= 15 is 0 Å². The third-order valence-corrected chi connectivity index (χ3v) is 5.32. The van der Waals surface area contributed by atoms with Gasteiger partial charge in [-0.2, -0.15) is 13.2 Å². The molecule has 0 aliphatic rings. The Morgan fingerprint density at radius 1 is 1.12 bits per heavy atom. The van der Waals surface area contributed by atoms with Gasteiger partial charge in [-0.05, 0) is 71.6 Å². The Morgan fingerprint density at radius 2 is 1.88 bits per heavy atom. The lowest BCUT2D eigenvalue weighted by atomic mass is 9.99. The lowest BCUT2D eigenvalue weighted by molar-refractivity contribution is -0.137. The molecule has 1 heterocycles. The molecule has 0 amide bonds. The molecule has 2 nitrogen and oxygen atoms in total. The monoisotopic (exact) mass is 444 g/mol. The summed E-state index contributed by atoms with van der Waals surface area (Å²) in [5, 5.41) is 1.25. The summed E-state index contributed by atoms with van der Waals surface area (Å²) in [6, 6.07) is 9.15. The molecule has 7 heteroatoms. The van der Waals surface area contributed by atoms with E-state index < -0.39 is 11.7 Å². The van der Waals surface area contributed by atoms with E-state index in [1.807, 2.05) is 18.2 Å². The zero-order valence-corrected chi connectivity index (χ0v) is 16.1. The molecule has 2 aromatic carbocycles. The number of nitrogens with one attached hydrogen (secondary N) is 1. The molecule has 138 valence electrons. The first-order chi connectivity index (χ1) is 12.3. The van der Waals surface area contributed by atoms with Gasteiger partial charge in [-0.25, -0.2) is 0 Å². The van der Waals surface area contributed by atoms with Gasteiger partial charge in [0.15, 0.2) is 0 Å². The zero-order chi connectivity index (χ0) is 18.9. The van der Waals surface area contributed by atoms with Crippen LogP contribution in [0.2, 0.25) is 5.02 Å². The number of fused-ring (bicyclic) bond motifs is 1. The predicted octanol–water partition coefficient (Wildman–Crippen LogP) is 6.55. The first kappa shape index (κ1) is 19.3. The van der Waals surface area contributed by atoms with Crippen molar-refractivity contribution in [2.45, 2.75) is 25.4 Å². The Kier molecular flexibility index (Phi) is 5.65. The van der Waals surface area contributed by atoms with Gasteiger partial charge in [-0.3, -0.25) is 0 Å². The minimum Gasteiger partial charge on any atom is -0.353 e.